The molecule has 4 nitrogen and oxygen atoms in total. The Balaban J connectivity index is 1.77. The molecule has 2 aromatic rings. The SMILES string of the molecule is CC1(C)CCc2ccc(C#N)cc2N1C(=O)NCCc1ccccc1. The lowest BCUT2D eigenvalue weighted by molar-refractivity contribution is 0.237. The van der Waals surface area contributed by atoms with Gasteiger partial charge >= 0.3 is 6.03 Å². The van der Waals surface area contributed by atoms with Crippen LogP contribution in [0.3, 0.4) is 0 Å². The highest BCUT2D eigenvalue weighted by Crippen LogP contribution is 2.37. The third-order valence-corrected chi connectivity index (χ3v) is 4.80. The number of rotatable bonds is 3. The van der Waals surface area contributed by atoms with Crippen LogP contribution in [0.4, 0.5) is 10.5 Å². The van der Waals surface area contributed by atoms with E-state index in [0.29, 0.717) is 12.1 Å². The number of urea groups is 1. The fourth-order valence-corrected chi connectivity index (χ4v) is 3.35. The maximum Gasteiger partial charge on any atom is 0.322 e. The van der Waals surface area contributed by atoms with Crippen LogP contribution in [0.1, 0.15) is 37.0 Å². The van der Waals surface area contributed by atoms with Crippen LogP contribution < -0.4 is 10.2 Å². The Hall–Kier alpha value is -2.80. The van der Waals surface area contributed by atoms with E-state index < -0.39 is 0 Å². The smallest absolute Gasteiger partial charge is 0.322 e. The van der Waals surface area contributed by atoms with Gasteiger partial charge < -0.3 is 5.32 Å². The van der Waals surface area contributed by atoms with Crippen LogP contribution in [0.15, 0.2) is 48.5 Å². The quantitative estimate of drug-likeness (QED) is 0.921. The highest BCUT2D eigenvalue weighted by Gasteiger charge is 2.37. The molecule has 0 bridgehead atoms. The maximum atomic E-state index is 12.9. The van der Waals surface area contributed by atoms with Crippen LogP contribution in [0, 0.1) is 11.3 Å². The van der Waals surface area contributed by atoms with E-state index in [9.17, 15) is 10.1 Å². The van der Waals surface area contributed by atoms with Gasteiger partial charge in [-0.2, -0.15) is 5.26 Å². The van der Waals surface area contributed by atoms with E-state index in [2.05, 4.69) is 37.4 Å². The van der Waals surface area contributed by atoms with Gasteiger partial charge in [-0.3, -0.25) is 4.90 Å². The van der Waals surface area contributed by atoms with Gasteiger partial charge in [-0.05, 0) is 56.4 Å². The normalized spacial score (nSPS) is 15.2. The number of aryl methyl sites for hydroxylation is 1. The average Bonchev–Trinajstić information content (AvgIpc) is 2.61. The monoisotopic (exact) mass is 333 g/mol. The first-order valence-corrected chi connectivity index (χ1v) is 8.66. The lowest BCUT2D eigenvalue weighted by atomic mass is 9.86. The summed E-state index contributed by atoms with van der Waals surface area (Å²) in [6.45, 7) is 4.74. The number of nitrogens with one attached hydrogen (secondary N) is 1. The molecule has 0 unspecified atom stereocenters. The van der Waals surface area contributed by atoms with Crippen molar-refractivity contribution in [3.63, 3.8) is 0 Å². The summed E-state index contributed by atoms with van der Waals surface area (Å²) in [6, 6.07) is 17.8. The summed E-state index contributed by atoms with van der Waals surface area (Å²) in [4.78, 5) is 14.7. The summed E-state index contributed by atoms with van der Waals surface area (Å²) < 4.78 is 0. The van der Waals surface area contributed by atoms with Crippen LogP contribution in [-0.4, -0.2) is 18.1 Å². The van der Waals surface area contributed by atoms with Crippen molar-refractivity contribution in [3.05, 3.63) is 65.2 Å². The van der Waals surface area contributed by atoms with E-state index in [1.54, 1.807) is 0 Å². The van der Waals surface area contributed by atoms with Crippen molar-refractivity contribution >= 4 is 11.7 Å². The zero-order valence-electron chi connectivity index (χ0n) is 14.7. The molecule has 2 amide bonds. The molecule has 1 aliphatic heterocycles. The summed E-state index contributed by atoms with van der Waals surface area (Å²) in [5.74, 6) is 0. The third kappa shape index (κ3) is 3.66. The van der Waals surface area contributed by atoms with Crippen LogP contribution in [0.25, 0.3) is 0 Å². The minimum atomic E-state index is -0.280. The van der Waals surface area contributed by atoms with Gasteiger partial charge in [0.05, 0.1) is 17.3 Å². The van der Waals surface area contributed by atoms with Crippen molar-refractivity contribution in [1.29, 1.82) is 5.26 Å². The van der Waals surface area contributed by atoms with Gasteiger partial charge in [0, 0.05) is 12.1 Å². The van der Waals surface area contributed by atoms with Crippen molar-refractivity contribution in [2.45, 2.75) is 38.6 Å². The third-order valence-electron chi connectivity index (χ3n) is 4.80. The molecule has 4 heteroatoms. The van der Waals surface area contributed by atoms with E-state index in [4.69, 9.17) is 0 Å². The van der Waals surface area contributed by atoms with Crippen molar-refractivity contribution in [2.24, 2.45) is 0 Å². The van der Waals surface area contributed by atoms with Gasteiger partial charge in [-0.15, -0.1) is 0 Å². The molecule has 0 fully saturated rings. The number of nitriles is 1. The van der Waals surface area contributed by atoms with Crippen molar-refractivity contribution in [2.75, 3.05) is 11.4 Å². The number of carbonyl (C=O) groups excluding carboxylic acids is 1. The van der Waals surface area contributed by atoms with Crippen LogP contribution in [0.2, 0.25) is 0 Å². The molecule has 128 valence electrons. The minimum absolute atomic E-state index is 0.100. The molecule has 2 aromatic carbocycles. The van der Waals surface area contributed by atoms with Gasteiger partial charge in [-0.25, -0.2) is 4.79 Å². The molecule has 1 heterocycles. The molecule has 0 radical (unpaired) electrons. The zero-order valence-corrected chi connectivity index (χ0v) is 14.7. The molecular weight excluding hydrogens is 310 g/mol. The number of hydrogen-bond acceptors (Lipinski definition) is 2. The molecule has 1 aliphatic rings. The van der Waals surface area contributed by atoms with Gasteiger partial charge in [0.25, 0.3) is 0 Å². The second-order valence-corrected chi connectivity index (χ2v) is 7.07. The fraction of sp³-hybridized carbons (Fsp3) is 0.333. The summed E-state index contributed by atoms with van der Waals surface area (Å²) in [7, 11) is 0. The van der Waals surface area contributed by atoms with E-state index in [-0.39, 0.29) is 11.6 Å². The zero-order chi connectivity index (χ0) is 17.9. The number of fused-ring (bicyclic) bond motifs is 1. The summed E-state index contributed by atoms with van der Waals surface area (Å²) in [5, 5.41) is 12.2. The van der Waals surface area contributed by atoms with Crippen molar-refractivity contribution < 1.29 is 4.79 Å². The highest BCUT2D eigenvalue weighted by atomic mass is 16.2. The summed E-state index contributed by atoms with van der Waals surface area (Å²) in [6.07, 6.45) is 2.62. The molecule has 3 rings (SSSR count). The molecule has 0 saturated carbocycles. The lowest BCUT2D eigenvalue weighted by Crippen LogP contribution is -2.55. The minimum Gasteiger partial charge on any atom is -0.337 e. The molecule has 1 N–H and O–H groups in total. The number of anilines is 1. The number of nitrogens with zero attached hydrogens (tertiary/aromatic N) is 2. The number of amides is 2. The summed E-state index contributed by atoms with van der Waals surface area (Å²) in [5.41, 5.74) is 3.48. The average molecular weight is 333 g/mol. The van der Waals surface area contributed by atoms with Gasteiger partial charge in [0.2, 0.25) is 0 Å². The maximum absolute atomic E-state index is 12.9. The standard InChI is InChI=1S/C21H23N3O/c1-21(2)12-10-18-9-8-17(15-22)14-19(18)24(21)20(25)23-13-11-16-6-4-3-5-7-16/h3-9,14H,10-13H2,1-2H3,(H,23,25). The first-order chi connectivity index (χ1) is 12.0. The van der Waals surface area contributed by atoms with Gasteiger partial charge in [-0.1, -0.05) is 36.4 Å². The summed E-state index contributed by atoms with van der Waals surface area (Å²) >= 11 is 0. The van der Waals surface area contributed by atoms with Crippen LogP contribution >= 0.6 is 0 Å². The second-order valence-electron chi connectivity index (χ2n) is 7.07. The Morgan fingerprint density at radius 3 is 2.72 bits per heavy atom. The Bertz CT molecular complexity index is 806. The lowest BCUT2D eigenvalue weighted by Gasteiger charge is -2.43. The van der Waals surface area contributed by atoms with E-state index in [1.807, 2.05) is 41.3 Å². The molecule has 0 aliphatic carbocycles. The Morgan fingerprint density at radius 1 is 1.24 bits per heavy atom. The fourth-order valence-electron chi connectivity index (χ4n) is 3.35. The van der Waals surface area contributed by atoms with E-state index in [0.717, 1.165) is 30.5 Å². The first-order valence-electron chi connectivity index (χ1n) is 8.66. The predicted molar refractivity (Wildman–Crippen MR) is 99.6 cm³/mol. The van der Waals surface area contributed by atoms with E-state index >= 15 is 0 Å². The highest BCUT2D eigenvalue weighted by molar-refractivity contribution is 5.95. The van der Waals surface area contributed by atoms with Crippen LogP contribution in [0.5, 0.6) is 0 Å². The van der Waals surface area contributed by atoms with Crippen molar-refractivity contribution in [1.82, 2.24) is 5.32 Å². The number of benzene rings is 2. The molecular formula is C21H23N3O. The van der Waals surface area contributed by atoms with Crippen LogP contribution in [-0.2, 0) is 12.8 Å². The molecule has 0 saturated heterocycles. The molecule has 25 heavy (non-hydrogen) atoms. The predicted octanol–water partition coefficient (Wildman–Crippen LogP) is 4.04. The van der Waals surface area contributed by atoms with Gasteiger partial charge in [0.15, 0.2) is 0 Å². The number of hydrogen-bond donors (Lipinski definition) is 1. The second kappa shape index (κ2) is 6.98. The topological polar surface area (TPSA) is 56.1 Å². The molecule has 0 spiro atoms. The van der Waals surface area contributed by atoms with Gasteiger partial charge in [0.1, 0.15) is 0 Å². The van der Waals surface area contributed by atoms with Crippen molar-refractivity contribution in [3.8, 4) is 6.07 Å². The first kappa shape index (κ1) is 17.0. The largest absolute Gasteiger partial charge is 0.337 e. The Labute approximate surface area is 149 Å². The van der Waals surface area contributed by atoms with E-state index in [1.165, 1.54) is 5.56 Å². The molecule has 0 aromatic heterocycles. The Kier molecular flexibility index (Phi) is 4.76. The Morgan fingerprint density at radius 2 is 2.00 bits per heavy atom. The molecule has 0 atom stereocenters. The number of carbonyl (C=O) groups is 1.